The summed E-state index contributed by atoms with van der Waals surface area (Å²) in [6.45, 7) is 3.79. The van der Waals surface area contributed by atoms with Crippen LogP contribution < -0.4 is 16.0 Å². The molecule has 1 aromatic heterocycles. The number of hydrogen-bond acceptors (Lipinski definition) is 5. The predicted octanol–water partition coefficient (Wildman–Crippen LogP) is 1.39. The van der Waals surface area contributed by atoms with Crippen LogP contribution in [0.25, 0.3) is 0 Å². The summed E-state index contributed by atoms with van der Waals surface area (Å²) in [5.74, 6) is 2.24. The Bertz CT molecular complexity index is 517. The van der Waals surface area contributed by atoms with Gasteiger partial charge in [-0.05, 0) is 38.5 Å². The highest BCUT2D eigenvalue weighted by Gasteiger charge is 2.29. The number of primary amides is 1. The van der Waals surface area contributed by atoms with Crippen molar-refractivity contribution in [3.63, 3.8) is 0 Å². The molecule has 0 spiro atoms. The lowest BCUT2D eigenvalue weighted by Crippen LogP contribution is -2.46. The van der Waals surface area contributed by atoms with Gasteiger partial charge in [0, 0.05) is 25.2 Å². The lowest BCUT2D eigenvalue weighted by atomic mass is 9.93. The van der Waals surface area contributed by atoms with Crippen molar-refractivity contribution in [2.24, 2.45) is 17.6 Å². The summed E-state index contributed by atoms with van der Waals surface area (Å²) >= 11 is 0. The maximum Gasteiger partial charge on any atom is 0.222 e. The zero-order valence-electron chi connectivity index (χ0n) is 12.5. The van der Waals surface area contributed by atoms with Crippen LogP contribution in [0.15, 0.2) is 12.4 Å². The Kier molecular flexibility index (Phi) is 3.94. The summed E-state index contributed by atoms with van der Waals surface area (Å²) in [7, 11) is 0. The molecule has 114 valence electrons. The summed E-state index contributed by atoms with van der Waals surface area (Å²) < 4.78 is 0. The second-order valence-corrected chi connectivity index (χ2v) is 6.26. The first-order valence-electron chi connectivity index (χ1n) is 7.75. The minimum absolute atomic E-state index is 0.0842. The number of carbonyl (C=O) groups is 1. The van der Waals surface area contributed by atoms with Gasteiger partial charge in [0.2, 0.25) is 5.91 Å². The molecule has 2 aliphatic rings. The SMILES string of the molecule is C[C@@H]1CC[C@@H](C(N)=O)CN1c1cc(NCC2CC2)ncn1. The van der Waals surface area contributed by atoms with Crippen LogP contribution >= 0.6 is 0 Å². The number of nitrogens with two attached hydrogens (primary N) is 1. The van der Waals surface area contributed by atoms with Gasteiger partial charge in [-0.25, -0.2) is 9.97 Å². The molecule has 21 heavy (non-hydrogen) atoms. The number of aromatic nitrogens is 2. The summed E-state index contributed by atoms with van der Waals surface area (Å²) in [4.78, 5) is 22.3. The first kappa shape index (κ1) is 14.1. The van der Waals surface area contributed by atoms with Gasteiger partial charge in [0.05, 0.1) is 5.92 Å². The number of piperidine rings is 1. The van der Waals surface area contributed by atoms with Crippen molar-refractivity contribution in [2.75, 3.05) is 23.3 Å². The third-order valence-electron chi connectivity index (χ3n) is 4.50. The second kappa shape index (κ2) is 5.87. The van der Waals surface area contributed by atoms with Gasteiger partial charge in [-0.2, -0.15) is 0 Å². The molecule has 1 aliphatic carbocycles. The topological polar surface area (TPSA) is 84.1 Å². The lowest BCUT2D eigenvalue weighted by Gasteiger charge is -2.37. The molecule has 1 saturated heterocycles. The molecule has 0 bridgehead atoms. The minimum Gasteiger partial charge on any atom is -0.370 e. The maximum atomic E-state index is 11.4. The normalized spacial score (nSPS) is 25.7. The van der Waals surface area contributed by atoms with Crippen molar-refractivity contribution in [3.8, 4) is 0 Å². The van der Waals surface area contributed by atoms with E-state index in [-0.39, 0.29) is 11.8 Å². The Morgan fingerprint density at radius 2 is 2.19 bits per heavy atom. The average molecular weight is 289 g/mol. The fourth-order valence-corrected chi connectivity index (χ4v) is 2.83. The number of anilines is 2. The van der Waals surface area contributed by atoms with E-state index in [1.54, 1.807) is 6.33 Å². The van der Waals surface area contributed by atoms with E-state index in [9.17, 15) is 4.79 Å². The van der Waals surface area contributed by atoms with Crippen LogP contribution in [0.4, 0.5) is 11.6 Å². The summed E-state index contributed by atoms with van der Waals surface area (Å²) in [5.41, 5.74) is 5.46. The Labute approximate surface area is 125 Å². The van der Waals surface area contributed by atoms with Gasteiger partial charge in [-0.3, -0.25) is 4.79 Å². The summed E-state index contributed by atoms with van der Waals surface area (Å²) in [6, 6.07) is 2.34. The van der Waals surface area contributed by atoms with Gasteiger partial charge >= 0.3 is 0 Å². The molecule has 2 atom stereocenters. The third kappa shape index (κ3) is 3.43. The van der Waals surface area contributed by atoms with E-state index in [0.717, 1.165) is 36.9 Å². The molecule has 3 N–H and O–H groups in total. The smallest absolute Gasteiger partial charge is 0.222 e. The van der Waals surface area contributed by atoms with Gasteiger partial charge in [-0.15, -0.1) is 0 Å². The van der Waals surface area contributed by atoms with Crippen molar-refractivity contribution in [2.45, 2.75) is 38.6 Å². The van der Waals surface area contributed by atoms with E-state index in [1.807, 2.05) is 6.07 Å². The van der Waals surface area contributed by atoms with Gasteiger partial charge in [0.15, 0.2) is 0 Å². The van der Waals surface area contributed by atoms with Crippen molar-refractivity contribution < 1.29 is 4.79 Å². The first-order valence-corrected chi connectivity index (χ1v) is 7.75. The van der Waals surface area contributed by atoms with E-state index in [2.05, 4.69) is 27.1 Å². The average Bonchev–Trinajstić information content (AvgIpc) is 3.30. The Morgan fingerprint density at radius 1 is 1.38 bits per heavy atom. The van der Waals surface area contributed by atoms with Gasteiger partial charge < -0.3 is 16.0 Å². The van der Waals surface area contributed by atoms with Crippen LogP contribution in [0.5, 0.6) is 0 Å². The van der Waals surface area contributed by atoms with Crippen molar-refractivity contribution in [1.29, 1.82) is 0 Å². The minimum atomic E-state index is -0.215. The van der Waals surface area contributed by atoms with Crippen LogP contribution in [-0.2, 0) is 4.79 Å². The number of nitrogens with one attached hydrogen (secondary N) is 1. The Balaban J connectivity index is 1.71. The summed E-state index contributed by atoms with van der Waals surface area (Å²) in [6.07, 6.45) is 6.04. The van der Waals surface area contributed by atoms with Gasteiger partial charge in [-0.1, -0.05) is 0 Å². The molecule has 1 amide bonds. The van der Waals surface area contributed by atoms with E-state index in [1.165, 1.54) is 12.8 Å². The van der Waals surface area contributed by atoms with Crippen LogP contribution in [0, 0.1) is 11.8 Å². The highest BCUT2D eigenvalue weighted by atomic mass is 16.1. The molecule has 0 radical (unpaired) electrons. The quantitative estimate of drug-likeness (QED) is 0.855. The molecule has 6 heteroatoms. The number of nitrogens with zero attached hydrogens (tertiary/aromatic N) is 3. The van der Waals surface area contributed by atoms with E-state index < -0.39 is 0 Å². The van der Waals surface area contributed by atoms with Crippen molar-refractivity contribution in [3.05, 3.63) is 12.4 Å². The van der Waals surface area contributed by atoms with Gasteiger partial charge in [0.1, 0.15) is 18.0 Å². The number of rotatable bonds is 5. The molecule has 2 heterocycles. The van der Waals surface area contributed by atoms with Crippen LogP contribution in [0.1, 0.15) is 32.6 Å². The van der Waals surface area contributed by atoms with E-state index in [4.69, 9.17) is 5.73 Å². The molecule has 1 aromatic rings. The molecule has 1 aliphatic heterocycles. The number of amides is 1. The standard InChI is InChI=1S/C15H23N5O/c1-10-2-5-12(15(16)21)8-20(10)14-6-13(18-9-19-14)17-7-11-3-4-11/h6,9-12H,2-5,7-8H2,1H3,(H2,16,21)(H,17,18,19)/t10-,12-/m1/s1. The van der Waals surface area contributed by atoms with E-state index in [0.29, 0.717) is 12.6 Å². The lowest BCUT2D eigenvalue weighted by molar-refractivity contribution is -0.122. The van der Waals surface area contributed by atoms with Crippen LogP contribution in [0.3, 0.4) is 0 Å². The highest BCUT2D eigenvalue weighted by molar-refractivity contribution is 5.77. The maximum absolute atomic E-state index is 11.4. The molecule has 2 fully saturated rings. The molecule has 3 rings (SSSR count). The molecule has 0 unspecified atom stereocenters. The molecular formula is C15H23N5O. The summed E-state index contributed by atoms with van der Waals surface area (Å²) in [5, 5.41) is 3.37. The van der Waals surface area contributed by atoms with E-state index >= 15 is 0 Å². The molecular weight excluding hydrogens is 266 g/mol. The third-order valence-corrected chi connectivity index (χ3v) is 4.50. The highest BCUT2D eigenvalue weighted by Crippen LogP contribution is 2.30. The van der Waals surface area contributed by atoms with Crippen molar-refractivity contribution in [1.82, 2.24) is 9.97 Å². The van der Waals surface area contributed by atoms with Gasteiger partial charge in [0.25, 0.3) is 0 Å². The molecule has 6 nitrogen and oxygen atoms in total. The number of carbonyl (C=O) groups excluding carboxylic acids is 1. The van der Waals surface area contributed by atoms with Crippen LogP contribution in [0.2, 0.25) is 0 Å². The monoisotopic (exact) mass is 289 g/mol. The number of hydrogen-bond donors (Lipinski definition) is 2. The largest absolute Gasteiger partial charge is 0.370 e. The second-order valence-electron chi connectivity index (χ2n) is 6.26. The zero-order valence-corrected chi connectivity index (χ0v) is 12.5. The molecule has 0 aromatic carbocycles. The van der Waals surface area contributed by atoms with Crippen molar-refractivity contribution >= 4 is 17.5 Å². The molecule has 1 saturated carbocycles. The Morgan fingerprint density at radius 3 is 2.90 bits per heavy atom. The predicted molar refractivity (Wildman–Crippen MR) is 82.0 cm³/mol. The zero-order chi connectivity index (χ0) is 14.8. The fraction of sp³-hybridized carbons (Fsp3) is 0.667. The van der Waals surface area contributed by atoms with Crippen LogP contribution in [-0.4, -0.2) is 35.0 Å². The fourth-order valence-electron chi connectivity index (χ4n) is 2.83. The Hall–Kier alpha value is -1.85. The first-order chi connectivity index (χ1) is 10.1.